The average Bonchev–Trinajstić information content (AvgIpc) is 3.54. The van der Waals surface area contributed by atoms with E-state index in [9.17, 15) is 24.0 Å². The van der Waals surface area contributed by atoms with Gasteiger partial charge in [-0.3, -0.25) is 24.0 Å². The molecule has 11 nitrogen and oxygen atoms in total. The first-order valence-corrected chi connectivity index (χ1v) is 12.4. The number of hydrogen-bond donors (Lipinski definition) is 5. The van der Waals surface area contributed by atoms with Gasteiger partial charge in [0.15, 0.2) is 5.78 Å². The molecule has 37 heavy (non-hydrogen) atoms. The van der Waals surface area contributed by atoms with E-state index in [0.29, 0.717) is 6.21 Å². The zero-order chi connectivity index (χ0) is 26.8. The van der Waals surface area contributed by atoms with Gasteiger partial charge in [-0.15, -0.1) is 0 Å². The molecule has 198 valence electrons. The number of carbonyl (C=O) groups excluding carboxylic acids is 5. The van der Waals surface area contributed by atoms with Gasteiger partial charge in [0, 0.05) is 36.9 Å². The molecule has 0 aliphatic heterocycles. The Balaban J connectivity index is 1.67. The summed E-state index contributed by atoms with van der Waals surface area (Å²) in [7, 11) is 0. The summed E-state index contributed by atoms with van der Waals surface area (Å²) in [5.74, 6) is -2.78. The van der Waals surface area contributed by atoms with Crippen LogP contribution >= 0.6 is 0 Å². The van der Waals surface area contributed by atoms with Crippen molar-refractivity contribution in [1.82, 2.24) is 20.9 Å². The molecule has 0 spiro atoms. The largest absolute Gasteiger partial charge is 0.461 e. The van der Waals surface area contributed by atoms with Gasteiger partial charge < -0.3 is 31.1 Å². The molecule has 3 amide bonds. The molecule has 0 unspecified atom stereocenters. The lowest BCUT2D eigenvalue weighted by atomic mass is 10.0. The summed E-state index contributed by atoms with van der Waals surface area (Å²) in [5.41, 5.74) is 1.69. The molecule has 1 aliphatic rings. The van der Waals surface area contributed by atoms with Crippen LogP contribution in [0.5, 0.6) is 0 Å². The predicted octanol–water partition coefficient (Wildman–Crippen LogP) is 1.30. The molecule has 0 saturated heterocycles. The number of nitrogens with one attached hydrogen (secondary N) is 5. The maximum atomic E-state index is 13.2. The van der Waals surface area contributed by atoms with E-state index in [2.05, 4.69) is 20.9 Å². The number of carbonyl (C=O) groups is 5. The minimum Gasteiger partial charge on any atom is -0.461 e. The van der Waals surface area contributed by atoms with Crippen LogP contribution in [0.15, 0.2) is 30.5 Å². The van der Waals surface area contributed by atoms with E-state index in [1.54, 1.807) is 6.20 Å². The van der Waals surface area contributed by atoms with Crippen LogP contribution in [0.1, 0.15) is 51.0 Å². The lowest BCUT2D eigenvalue weighted by molar-refractivity contribution is -0.149. The summed E-state index contributed by atoms with van der Waals surface area (Å²) in [6.45, 7) is 0.920. The number of para-hydroxylation sites is 1. The zero-order valence-corrected chi connectivity index (χ0v) is 20.8. The van der Waals surface area contributed by atoms with Gasteiger partial charge >= 0.3 is 5.97 Å². The van der Waals surface area contributed by atoms with Gasteiger partial charge in [-0.1, -0.05) is 18.2 Å². The highest BCUT2D eigenvalue weighted by atomic mass is 16.5. The maximum absolute atomic E-state index is 13.2. The molecule has 11 heteroatoms. The highest BCUT2D eigenvalue weighted by Gasteiger charge is 2.28. The molecular weight excluding hydrogens is 478 g/mol. The van der Waals surface area contributed by atoms with Gasteiger partial charge in [0.05, 0.1) is 6.21 Å². The number of hydrogen-bond acceptors (Lipinski definition) is 7. The van der Waals surface area contributed by atoms with Crippen LogP contribution in [-0.2, 0) is 35.1 Å². The Morgan fingerprint density at radius 2 is 1.81 bits per heavy atom. The molecule has 2 aromatic rings. The summed E-state index contributed by atoms with van der Waals surface area (Å²) in [4.78, 5) is 64.8. The van der Waals surface area contributed by atoms with Gasteiger partial charge in [-0.05, 0) is 43.7 Å². The molecule has 1 saturated carbocycles. The fourth-order valence-electron chi connectivity index (χ4n) is 4.39. The second-order valence-electron chi connectivity index (χ2n) is 9.14. The summed E-state index contributed by atoms with van der Waals surface area (Å²) < 4.78 is 5.34. The smallest absolute Gasteiger partial charge is 0.325 e. The van der Waals surface area contributed by atoms with Crippen molar-refractivity contribution in [2.75, 3.05) is 6.54 Å². The van der Waals surface area contributed by atoms with Crippen molar-refractivity contribution < 1.29 is 28.7 Å². The molecule has 1 fully saturated rings. The van der Waals surface area contributed by atoms with Gasteiger partial charge in [0.1, 0.15) is 24.7 Å². The van der Waals surface area contributed by atoms with Crippen LogP contribution in [0.2, 0.25) is 0 Å². The Kier molecular flexibility index (Phi) is 9.93. The number of amides is 3. The number of benzene rings is 1. The second-order valence-corrected chi connectivity index (χ2v) is 9.14. The van der Waals surface area contributed by atoms with E-state index in [4.69, 9.17) is 10.1 Å². The number of aromatic amines is 1. The van der Waals surface area contributed by atoms with Crippen molar-refractivity contribution in [2.45, 2.75) is 70.1 Å². The highest BCUT2D eigenvalue weighted by molar-refractivity contribution is 6.26. The van der Waals surface area contributed by atoms with Crippen LogP contribution < -0.4 is 16.0 Å². The van der Waals surface area contributed by atoms with Crippen molar-refractivity contribution in [2.24, 2.45) is 0 Å². The van der Waals surface area contributed by atoms with Gasteiger partial charge in [-0.2, -0.15) is 0 Å². The second kappa shape index (κ2) is 13.3. The van der Waals surface area contributed by atoms with Crippen LogP contribution in [0.25, 0.3) is 10.9 Å². The first-order chi connectivity index (χ1) is 17.8. The third-order valence-corrected chi connectivity index (χ3v) is 6.27. The minimum atomic E-state index is -1.16. The van der Waals surface area contributed by atoms with Crippen molar-refractivity contribution >= 4 is 46.6 Å². The standard InChI is InChI=1S/C26H33N5O6/c1-16(32)30-23(12-17-14-28-21-9-5-4-8-20(17)21)26(36)31-22(11-10-18(33)13-27)25(35)29-15-24(34)37-19-6-2-3-7-19/h4-5,8-9,13-14,19,22-23,27-28H,2-3,6-7,10-12,15H2,1H3,(H,29,35)(H,30,32)(H,31,36)/t22-,23-/m0/s1. The van der Waals surface area contributed by atoms with E-state index < -0.39 is 41.6 Å². The number of fused-ring (bicyclic) bond motifs is 1. The Bertz CT molecular complexity index is 1150. The average molecular weight is 512 g/mol. The first kappa shape index (κ1) is 27.6. The highest BCUT2D eigenvalue weighted by Crippen LogP contribution is 2.21. The molecular formula is C26H33N5O6. The first-order valence-electron chi connectivity index (χ1n) is 12.4. The monoisotopic (exact) mass is 511 g/mol. The molecule has 3 rings (SSSR count). The number of Topliss-reactive ketones (excluding diaryl/α,β-unsaturated/α-hetero) is 1. The molecule has 0 radical (unpaired) electrons. The molecule has 1 aliphatic carbocycles. The normalized spacial score (nSPS) is 14.9. The molecule has 5 N–H and O–H groups in total. The van der Waals surface area contributed by atoms with Crippen molar-refractivity contribution in [3.63, 3.8) is 0 Å². The lowest BCUT2D eigenvalue weighted by Gasteiger charge is -2.23. The van der Waals surface area contributed by atoms with Gasteiger partial charge in [0.2, 0.25) is 17.7 Å². The van der Waals surface area contributed by atoms with E-state index in [-0.39, 0.29) is 31.9 Å². The van der Waals surface area contributed by atoms with Gasteiger partial charge in [0.25, 0.3) is 0 Å². The van der Waals surface area contributed by atoms with Crippen LogP contribution in [-0.4, -0.2) is 65.4 Å². The SMILES string of the molecule is CC(=O)N[C@@H](Cc1c[nH]c2ccccc12)C(=O)N[C@@H](CCC(=O)C=N)C(=O)NCC(=O)OC1CCCC1. The van der Waals surface area contributed by atoms with E-state index in [1.807, 2.05) is 24.3 Å². The van der Waals surface area contributed by atoms with E-state index >= 15 is 0 Å². The van der Waals surface area contributed by atoms with Gasteiger partial charge in [-0.25, -0.2) is 0 Å². The number of ketones is 1. The molecule has 2 atom stereocenters. The maximum Gasteiger partial charge on any atom is 0.325 e. The Morgan fingerprint density at radius 3 is 2.51 bits per heavy atom. The third-order valence-electron chi connectivity index (χ3n) is 6.27. The Hall–Kier alpha value is -4.02. The number of rotatable bonds is 13. The van der Waals surface area contributed by atoms with E-state index in [0.717, 1.165) is 42.1 Å². The predicted molar refractivity (Wildman–Crippen MR) is 136 cm³/mol. The summed E-state index contributed by atoms with van der Waals surface area (Å²) in [6, 6.07) is 5.39. The summed E-state index contributed by atoms with van der Waals surface area (Å²) in [6.07, 6.45) is 5.77. The topological polar surface area (TPSA) is 170 Å². The fourth-order valence-corrected chi connectivity index (χ4v) is 4.39. The molecule has 1 aromatic carbocycles. The number of esters is 1. The molecule has 0 bridgehead atoms. The lowest BCUT2D eigenvalue weighted by Crippen LogP contribution is -2.54. The van der Waals surface area contributed by atoms with Crippen molar-refractivity contribution in [3.8, 4) is 0 Å². The molecule has 1 aromatic heterocycles. The quantitative estimate of drug-likeness (QED) is 0.200. The third kappa shape index (κ3) is 8.26. The Labute approximate surface area is 214 Å². The summed E-state index contributed by atoms with van der Waals surface area (Å²) in [5, 5.41) is 15.7. The zero-order valence-electron chi connectivity index (χ0n) is 20.8. The van der Waals surface area contributed by atoms with Crippen molar-refractivity contribution in [1.29, 1.82) is 5.41 Å². The van der Waals surface area contributed by atoms with Crippen LogP contribution in [0, 0.1) is 5.41 Å². The number of aromatic nitrogens is 1. The minimum absolute atomic E-state index is 0.0800. The number of ether oxygens (including phenoxy) is 1. The summed E-state index contributed by atoms with van der Waals surface area (Å²) >= 11 is 0. The fraction of sp³-hybridized carbons (Fsp3) is 0.462. The Morgan fingerprint density at radius 1 is 1.08 bits per heavy atom. The number of H-pyrrole nitrogens is 1. The van der Waals surface area contributed by atoms with Crippen LogP contribution in [0.4, 0.5) is 0 Å². The van der Waals surface area contributed by atoms with Crippen LogP contribution in [0.3, 0.4) is 0 Å². The van der Waals surface area contributed by atoms with Crippen molar-refractivity contribution in [3.05, 3.63) is 36.0 Å². The molecule has 1 heterocycles. The van der Waals surface area contributed by atoms with E-state index in [1.165, 1.54) is 6.92 Å².